The number of carboxylic acids is 1. The Morgan fingerprint density at radius 1 is 0.477 bits per heavy atom. The summed E-state index contributed by atoms with van der Waals surface area (Å²) in [5.41, 5.74) is 18.5. The molecule has 0 aliphatic carbocycles. The number of anilines is 5. The van der Waals surface area contributed by atoms with Gasteiger partial charge in [-0.15, -0.1) is 0 Å². The highest BCUT2D eigenvalue weighted by Crippen LogP contribution is 2.38. The molecule has 0 saturated carbocycles. The summed E-state index contributed by atoms with van der Waals surface area (Å²) in [6, 6.07) is 51.8. The van der Waals surface area contributed by atoms with Crippen LogP contribution in [0.3, 0.4) is 0 Å². The molecule has 2 aliphatic rings. The number of nitrogen functional groups attached to an aromatic ring is 1. The molecule has 65 heavy (non-hydrogen) atoms. The fourth-order valence-corrected chi connectivity index (χ4v) is 7.60. The number of aromatic carboxylic acids is 1. The van der Waals surface area contributed by atoms with Crippen molar-refractivity contribution < 1.29 is 28.8 Å². The van der Waals surface area contributed by atoms with Gasteiger partial charge in [0.25, 0.3) is 0 Å². The van der Waals surface area contributed by atoms with Gasteiger partial charge in [0.15, 0.2) is 23.0 Å². The largest absolute Gasteiger partial charge is 0.478 e. The second-order valence-electron chi connectivity index (χ2n) is 15.1. The first-order chi connectivity index (χ1) is 31.4. The first-order valence-corrected chi connectivity index (χ1v) is 21.5. The predicted molar refractivity (Wildman–Crippen MR) is 263 cm³/mol. The van der Waals surface area contributed by atoms with Gasteiger partial charge in [0.2, 0.25) is 13.6 Å². The van der Waals surface area contributed by atoms with Gasteiger partial charge in [-0.3, -0.25) is 0 Å². The SMILES string of the molecule is Cc1ccc(-c2cccc(Cl)c2)cc1N.Cc1ccc(-c2cccc(Cl)c2)cc1Nc1ccc2c(c1)OCO2.O=C(O)c1ccc(-c2cccc(Cl)c2)cc1Nc1ccc2c(c1)OCO2. The molecule has 8 aromatic rings. The van der Waals surface area contributed by atoms with Crippen molar-refractivity contribution in [1.29, 1.82) is 0 Å². The van der Waals surface area contributed by atoms with Crippen LogP contribution in [0.15, 0.2) is 164 Å². The molecule has 2 aliphatic heterocycles. The summed E-state index contributed by atoms with van der Waals surface area (Å²) in [5.74, 6) is 1.83. The highest BCUT2D eigenvalue weighted by molar-refractivity contribution is 6.31. The van der Waals surface area contributed by atoms with Gasteiger partial charge in [0.1, 0.15) is 0 Å². The number of halogens is 3. The molecule has 0 spiro atoms. The van der Waals surface area contributed by atoms with E-state index >= 15 is 0 Å². The number of rotatable bonds is 8. The molecule has 0 bridgehead atoms. The normalized spacial score (nSPS) is 11.7. The second kappa shape index (κ2) is 20.0. The Bertz CT molecular complexity index is 3030. The zero-order valence-electron chi connectivity index (χ0n) is 35.2. The van der Waals surface area contributed by atoms with E-state index in [1.54, 1.807) is 36.4 Å². The maximum atomic E-state index is 11.6. The maximum Gasteiger partial charge on any atom is 0.337 e. The molecule has 0 atom stereocenters. The minimum atomic E-state index is -1.01. The smallest absolute Gasteiger partial charge is 0.337 e. The van der Waals surface area contributed by atoms with Crippen LogP contribution in [0.5, 0.6) is 23.0 Å². The van der Waals surface area contributed by atoms with E-state index in [9.17, 15) is 9.90 Å². The Morgan fingerprint density at radius 3 is 1.37 bits per heavy atom. The Balaban J connectivity index is 0.000000138. The molecule has 5 N–H and O–H groups in total. The molecular weight excluding hydrogens is 881 g/mol. The van der Waals surface area contributed by atoms with Gasteiger partial charge in [0.05, 0.1) is 11.3 Å². The van der Waals surface area contributed by atoms with Gasteiger partial charge in [-0.05, 0) is 143 Å². The summed E-state index contributed by atoms with van der Waals surface area (Å²) < 4.78 is 21.5. The molecule has 12 heteroatoms. The van der Waals surface area contributed by atoms with E-state index in [2.05, 4.69) is 47.9 Å². The minimum Gasteiger partial charge on any atom is -0.478 e. The quantitative estimate of drug-likeness (QED) is 0.110. The monoisotopic (exact) mass is 921 g/mol. The van der Waals surface area contributed by atoms with Crippen LogP contribution in [0.2, 0.25) is 15.1 Å². The molecule has 10 rings (SSSR count). The van der Waals surface area contributed by atoms with Crippen molar-refractivity contribution in [2.75, 3.05) is 30.0 Å². The van der Waals surface area contributed by atoms with E-state index < -0.39 is 5.97 Å². The van der Waals surface area contributed by atoms with Crippen molar-refractivity contribution in [2.24, 2.45) is 0 Å². The Morgan fingerprint density at radius 2 is 0.892 bits per heavy atom. The lowest BCUT2D eigenvalue weighted by atomic mass is 10.0. The number of hydrogen-bond acceptors (Lipinski definition) is 8. The van der Waals surface area contributed by atoms with E-state index in [1.807, 2.05) is 104 Å². The van der Waals surface area contributed by atoms with Crippen molar-refractivity contribution in [3.05, 3.63) is 196 Å². The molecule has 0 saturated heterocycles. The van der Waals surface area contributed by atoms with Crippen molar-refractivity contribution in [3.63, 3.8) is 0 Å². The average molecular weight is 923 g/mol. The first kappa shape index (κ1) is 44.3. The molecule has 0 aromatic heterocycles. The number of fused-ring (bicyclic) bond motifs is 2. The first-order valence-electron chi connectivity index (χ1n) is 20.4. The second-order valence-corrected chi connectivity index (χ2v) is 16.4. The average Bonchev–Trinajstić information content (AvgIpc) is 3.98. The molecule has 0 unspecified atom stereocenters. The fourth-order valence-electron chi connectivity index (χ4n) is 7.03. The lowest BCUT2D eigenvalue weighted by Gasteiger charge is -2.13. The van der Waals surface area contributed by atoms with Crippen molar-refractivity contribution in [1.82, 2.24) is 0 Å². The van der Waals surface area contributed by atoms with Crippen LogP contribution in [0, 0.1) is 13.8 Å². The van der Waals surface area contributed by atoms with Crippen molar-refractivity contribution >= 4 is 69.2 Å². The highest BCUT2D eigenvalue weighted by atomic mass is 35.5. The third-order valence-corrected chi connectivity index (χ3v) is 11.2. The summed E-state index contributed by atoms with van der Waals surface area (Å²) in [7, 11) is 0. The van der Waals surface area contributed by atoms with Gasteiger partial charge < -0.3 is 40.4 Å². The molecule has 0 fully saturated rings. The van der Waals surface area contributed by atoms with E-state index in [0.717, 1.165) is 77.6 Å². The lowest BCUT2D eigenvalue weighted by molar-refractivity contribution is 0.0698. The third-order valence-electron chi connectivity index (χ3n) is 10.5. The van der Waals surface area contributed by atoms with Gasteiger partial charge >= 0.3 is 5.97 Å². The number of benzene rings is 8. The standard InChI is InChI=1S/C20H14ClNO4.C20H16ClNO2.C13H12ClN/c21-14-3-1-2-12(8-14)13-4-6-16(20(23)24)17(9-13)22-15-5-7-18-19(10-15)26-11-25-18;1-13-5-6-15(14-3-2-4-16(21)9-14)10-18(13)22-17-7-8-19-20(11-17)24-12-23-19;1-9-5-6-11(8-13(9)15)10-3-2-4-12(14)7-10/h1-10,22H,11H2,(H,23,24);2-11,22H,12H2,1H3;2-8H,15H2,1H3. The maximum absolute atomic E-state index is 11.6. The van der Waals surface area contributed by atoms with Crippen LogP contribution < -0.4 is 35.3 Å². The highest BCUT2D eigenvalue weighted by Gasteiger charge is 2.17. The van der Waals surface area contributed by atoms with Gasteiger partial charge in [-0.2, -0.15) is 0 Å². The van der Waals surface area contributed by atoms with E-state index in [-0.39, 0.29) is 19.1 Å². The zero-order chi connectivity index (χ0) is 45.5. The number of carbonyl (C=O) groups is 1. The lowest BCUT2D eigenvalue weighted by Crippen LogP contribution is -2.03. The molecule has 0 radical (unpaired) electrons. The van der Waals surface area contributed by atoms with Crippen molar-refractivity contribution in [3.8, 4) is 56.4 Å². The zero-order valence-corrected chi connectivity index (χ0v) is 37.5. The summed E-state index contributed by atoms with van der Waals surface area (Å²) >= 11 is 18.1. The number of carboxylic acid groups (broad SMARTS) is 1. The number of nitrogens with two attached hydrogens (primary N) is 1. The Kier molecular flexibility index (Phi) is 13.7. The van der Waals surface area contributed by atoms with Crippen molar-refractivity contribution in [2.45, 2.75) is 13.8 Å². The number of nitrogens with one attached hydrogen (secondary N) is 2. The van der Waals surface area contributed by atoms with Gasteiger partial charge in [-0.1, -0.05) is 102 Å². The molecule has 2 heterocycles. The molecule has 8 aromatic carbocycles. The minimum absolute atomic E-state index is 0.174. The van der Waals surface area contributed by atoms with Crippen LogP contribution >= 0.6 is 34.8 Å². The van der Waals surface area contributed by atoms with Crippen LogP contribution in [-0.2, 0) is 0 Å². The summed E-state index contributed by atoms with van der Waals surface area (Å²) in [6.45, 7) is 4.54. The number of ether oxygens (including phenoxy) is 4. The summed E-state index contributed by atoms with van der Waals surface area (Å²) in [5, 5.41) is 18.2. The third kappa shape index (κ3) is 11.1. The van der Waals surface area contributed by atoms with Crippen LogP contribution in [-0.4, -0.2) is 24.7 Å². The van der Waals surface area contributed by atoms with Crippen LogP contribution in [0.1, 0.15) is 21.5 Å². The van der Waals surface area contributed by atoms with E-state index in [1.165, 1.54) is 5.56 Å². The fraction of sp³-hybridized carbons (Fsp3) is 0.0755. The van der Waals surface area contributed by atoms with E-state index in [0.29, 0.717) is 27.9 Å². The molecule has 326 valence electrons. The Hall–Kier alpha value is -7.30. The summed E-state index contributed by atoms with van der Waals surface area (Å²) in [4.78, 5) is 11.6. The van der Waals surface area contributed by atoms with Crippen LogP contribution in [0.4, 0.5) is 28.4 Å². The topological polar surface area (TPSA) is 124 Å². The summed E-state index contributed by atoms with van der Waals surface area (Å²) in [6.07, 6.45) is 0. The molecule has 9 nitrogen and oxygen atoms in total. The number of aryl methyl sites for hydroxylation is 2. The molecule has 0 amide bonds. The van der Waals surface area contributed by atoms with E-state index in [4.69, 9.17) is 59.5 Å². The van der Waals surface area contributed by atoms with Gasteiger partial charge in [0, 0.05) is 50.0 Å². The molecular formula is C53H42Cl3N3O6. The van der Waals surface area contributed by atoms with Gasteiger partial charge in [-0.25, -0.2) is 4.79 Å². The number of hydrogen-bond donors (Lipinski definition) is 4. The van der Waals surface area contributed by atoms with Crippen LogP contribution in [0.25, 0.3) is 33.4 Å². The Labute approximate surface area is 391 Å². The predicted octanol–water partition coefficient (Wildman–Crippen LogP) is 14.9.